The van der Waals surface area contributed by atoms with E-state index in [-0.39, 0.29) is 10.0 Å². The van der Waals surface area contributed by atoms with Gasteiger partial charge in [0.25, 0.3) is 5.91 Å². The number of amides is 1. The van der Waals surface area contributed by atoms with Crippen LogP contribution in [0.3, 0.4) is 0 Å². The lowest BCUT2D eigenvalue weighted by Crippen LogP contribution is -2.38. The van der Waals surface area contributed by atoms with Gasteiger partial charge in [0, 0.05) is 25.2 Å². The third-order valence-corrected chi connectivity index (χ3v) is 6.03. The van der Waals surface area contributed by atoms with Crippen LogP contribution in [0.15, 0.2) is 47.5 Å². The van der Waals surface area contributed by atoms with Gasteiger partial charge in [-0.3, -0.25) is 9.59 Å². The van der Waals surface area contributed by atoms with Gasteiger partial charge in [-0.05, 0) is 68.1 Å². The summed E-state index contributed by atoms with van der Waals surface area (Å²) in [7, 11) is 0. The number of carbonyl (C=O) groups is 2. The number of benzene rings is 1. The first-order chi connectivity index (χ1) is 15.0. The van der Waals surface area contributed by atoms with Crippen LogP contribution in [0.25, 0.3) is 6.08 Å². The lowest BCUT2D eigenvalue weighted by molar-refractivity contribution is -0.114. The highest BCUT2D eigenvalue weighted by Crippen LogP contribution is 2.22. The molecule has 8 heteroatoms. The molecular weight excluding hydrogens is 410 g/mol. The van der Waals surface area contributed by atoms with E-state index in [1.807, 2.05) is 6.07 Å². The third-order valence-electron chi connectivity index (χ3n) is 5.20. The number of anilines is 1. The van der Waals surface area contributed by atoms with Crippen molar-refractivity contribution in [3.63, 3.8) is 0 Å². The number of hydrogen-bond acceptors (Lipinski definition) is 7. The van der Waals surface area contributed by atoms with Crippen LogP contribution in [0.2, 0.25) is 0 Å². The molecule has 0 aliphatic heterocycles. The highest BCUT2D eigenvalue weighted by atomic mass is 32.2. The minimum absolute atomic E-state index is 0.166. The fraction of sp³-hybridized carbons (Fsp3) is 0.391. The average Bonchev–Trinajstić information content (AvgIpc) is 2.75. The SMILES string of the molecule is CC(=O)S/C(=C\c1ccnc(N[C@H]2CC[C@@H](NCCc3ccccc3)CC2)n1)C(N)=O. The summed E-state index contributed by atoms with van der Waals surface area (Å²) in [5, 5.41) is 6.87. The van der Waals surface area contributed by atoms with E-state index < -0.39 is 5.91 Å². The van der Waals surface area contributed by atoms with Crippen molar-refractivity contribution in [1.82, 2.24) is 15.3 Å². The van der Waals surface area contributed by atoms with Gasteiger partial charge in [-0.25, -0.2) is 9.97 Å². The van der Waals surface area contributed by atoms with E-state index in [0.717, 1.165) is 50.4 Å². The van der Waals surface area contributed by atoms with Crippen LogP contribution < -0.4 is 16.4 Å². The highest BCUT2D eigenvalue weighted by molar-refractivity contribution is 8.17. The number of thioether (sulfide) groups is 1. The molecule has 0 radical (unpaired) electrons. The molecule has 1 fully saturated rings. The molecule has 1 saturated carbocycles. The van der Waals surface area contributed by atoms with Crippen molar-refractivity contribution in [3.05, 3.63) is 58.8 Å². The Balaban J connectivity index is 1.47. The summed E-state index contributed by atoms with van der Waals surface area (Å²) in [6.45, 7) is 2.38. The van der Waals surface area contributed by atoms with E-state index in [9.17, 15) is 9.59 Å². The largest absolute Gasteiger partial charge is 0.365 e. The molecule has 7 nitrogen and oxygen atoms in total. The zero-order chi connectivity index (χ0) is 22.1. The monoisotopic (exact) mass is 439 g/mol. The molecule has 0 saturated heterocycles. The van der Waals surface area contributed by atoms with Crippen LogP contribution in [-0.2, 0) is 16.0 Å². The maximum Gasteiger partial charge on any atom is 0.255 e. The van der Waals surface area contributed by atoms with E-state index in [2.05, 4.69) is 44.9 Å². The highest BCUT2D eigenvalue weighted by Gasteiger charge is 2.21. The normalized spacial score (nSPS) is 19.1. The molecule has 164 valence electrons. The molecule has 1 aromatic heterocycles. The molecule has 1 aliphatic rings. The fourth-order valence-electron chi connectivity index (χ4n) is 3.65. The molecule has 0 unspecified atom stereocenters. The van der Waals surface area contributed by atoms with E-state index in [1.165, 1.54) is 18.6 Å². The molecule has 1 amide bonds. The van der Waals surface area contributed by atoms with Crippen molar-refractivity contribution in [2.45, 2.75) is 51.1 Å². The van der Waals surface area contributed by atoms with E-state index in [4.69, 9.17) is 5.73 Å². The van der Waals surface area contributed by atoms with Gasteiger partial charge in [-0.2, -0.15) is 0 Å². The second-order valence-electron chi connectivity index (χ2n) is 7.65. The van der Waals surface area contributed by atoms with Crippen LogP contribution in [0, 0.1) is 0 Å². The fourth-order valence-corrected chi connectivity index (χ4v) is 4.24. The van der Waals surface area contributed by atoms with Gasteiger partial charge >= 0.3 is 0 Å². The average molecular weight is 440 g/mol. The molecule has 1 aromatic carbocycles. The lowest BCUT2D eigenvalue weighted by Gasteiger charge is -2.29. The first kappa shape index (κ1) is 23.0. The second-order valence-corrected chi connectivity index (χ2v) is 8.87. The van der Waals surface area contributed by atoms with Crippen LogP contribution in [0.1, 0.15) is 43.9 Å². The molecule has 0 atom stereocenters. The van der Waals surface area contributed by atoms with Crippen molar-refractivity contribution in [2.24, 2.45) is 5.73 Å². The summed E-state index contributed by atoms with van der Waals surface area (Å²) in [6.07, 6.45) is 8.49. The van der Waals surface area contributed by atoms with E-state index in [0.29, 0.717) is 23.7 Å². The van der Waals surface area contributed by atoms with E-state index >= 15 is 0 Å². The van der Waals surface area contributed by atoms with Gasteiger partial charge in [0.1, 0.15) is 0 Å². The first-order valence-electron chi connectivity index (χ1n) is 10.6. The number of nitrogens with zero attached hydrogens (tertiary/aromatic N) is 2. The Hall–Kier alpha value is -2.71. The Labute approximate surface area is 187 Å². The quantitative estimate of drug-likeness (QED) is 0.515. The Morgan fingerprint density at radius 2 is 1.84 bits per heavy atom. The standard InChI is InChI=1S/C23H29N5O2S/c1-16(29)31-21(22(24)30)15-20-12-14-26-23(28-20)27-19-9-7-18(8-10-19)25-13-11-17-5-3-2-4-6-17/h2-6,12,14-15,18-19,25H,7-11,13H2,1H3,(H2,24,30)(H,26,27,28)/b21-15-/t18-,19+. The lowest BCUT2D eigenvalue weighted by atomic mass is 9.91. The minimum Gasteiger partial charge on any atom is -0.365 e. The number of primary amides is 1. The number of nitrogens with two attached hydrogens (primary N) is 1. The summed E-state index contributed by atoms with van der Waals surface area (Å²) in [5.74, 6) is -0.128. The van der Waals surface area contributed by atoms with Gasteiger partial charge in [0.05, 0.1) is 10.6 Å². The van der Waals surface area contributed by atoms with Gasteiger partial charge < -0.3 is 16.4 Å². The second kappa shape index (κ2) is 11.6. The molecule has 1 aliphatic carbocycles. The predicted octanol–water partition coefficient (Wildman–Crippen LogP) is 3.14. The number of hydrogen-bond donors (Lipinski definition) is 3. The first-order valence-corrected chi connectivity index (χ1v) is 11.4. The summed E-state index contributed by atoms with van der Waals surface area (Å²) < 4.78 is 0. The number of rotatable bonds is 9. The van der Waals surface area contributed by atoms with E-state index in [1.54, 1.807) is 12.3 Å². The maximum atomic E-state index is 11.5. The molecule has 1 heterocycles. The van der Waals surface area contributed by atoms with Crippen molar-refractivity contribution in [3.8, 4) is 0 Å². The minimum atomic E-state index is -0.647. The summed E-state index contributed by atoms with van der Waals surface area (Å²) >= 11 is 0.809. The Morgan fingerprint density at radius 3 is 2.52 bits per heavy atom. The van der Waals surface area contributed by atoms with Gasteiger partial charge in [0.15, 0.2) is 5.12 Å². The zero-order valence-corrected chi connectivity index (χ0v) is 18.5. The van der Waals surface area contributed by atoms with Crippen molar-refractivity contribution in [1.29, 1.82) is 0 Å². The molecule has 0 spiro atoms. The third kappa shape index (κ3) is 7.80. The number of aromatic nitrogens is 2. The van der Waals surface area contributed by atoms with Gasteiger partial charge in [0.2, 0.25) is 5.95 Å². The van der Waals surface area contributed by atoms with Crippen molar-refractivity contribution in [2.75, 3.05) is 11.9 Å². The molecule has 31 heavy (non-hydrogen) atoms. The summed E-state index contributed by atoms with van der Waals surface area (Å²) in [4.78, 5) is 31.8. The zero-order valence-electron chi connectivity index (χ0n) is 17.7. The van der Waals surface area contributed by atoms with Gasteiger partial charge in [-0.1, -0.05) is 30.3 Å². The maximum absolute atomic E-state index is 11.5. The Kier molecular flexibility index (Phi) is 8.61. The van der Waals surface area contributed by atoms with Gasteiger partial charge in [-0.15, -0.1) is 0 Å². The van der Waals surface area contributed by atoms with Crippen LogP contribution in [0.5, 0.6) is 0 Å². The Morgan fingerprint density at radius 1 is 1.13 bits per heavy atom. The van der Waals surface area contributed by atoms with Crippen molar-refractivity contribution >= 4 is 34.8 Å². The van der Waals surface area contributed by atoms with Crippen molar-refractivity contribution < 1.29 is 9.59 Å². The molecule has 4 N–H and O–H groups in total. The molecule has 2 aromatic rings. The number of nitrogens with one attached hydrogen (secondary N) is 2. The van der Waals surface area contributed by atoms with Crippen LogP contribution >= 0.6 is 11.8 Å². The van der Waals surface area contributed by atoms with Crippen LogP contribution in [0.4, 0.5) is 5.95 Å². The molecule has 0 bridgehead atoms. The Bertz CT molecular complexity index is 911. The topological polar surface area (TPSA) is 110 Å². The van der Waals surface area contributed by atoms with Crippen LogP contribution in [-0.4, -0.2) is 39.6 Å². The predicted molar refractivity (Wildman–Crippen MR) is 125 cm³/mol. The summed E-state index contributed by atoms with van der Waals surface area (Å²) in [6, 6.07) is 13.1. The molecular formula is C23H29N5O2S. The summed E-state index contributed by atoms with van der Waals surface area (Å²) in [5.41, 5.74) is 7.25. The number of carbonyl (C=O) groups excluding carboxylic acids is 2. The molecule has 3 rings (SSSR count). The smallest absolute Gasteiger partial charge is 0.255 e.